The van der Waals surface area contributed by atoms with Crippen LogP contribution < -0.4 is 0 Å². The third-order valence-corrected chi connectivity index (χ3v) is 4.22. The first kappa shape index (κ1) is 12.9. The average molecular weight is 268 g/mol. The van der Waals surface area contributed by atoms with Gasteiger partial charge in [-0.05, 0) is 31.9 Å². The monoisotopic (exact) mass is 268 g/mol. The van der Waals surface area contributed by atoms with Crippen LogP contribution in [0.5, 0.6) is 0 Å². The molecule has 0 bridgehead atoms. The fourth-order valence-electron chi connectivity index (χ4n) is 2.83. The van der Waals surface area contributed by atoms with E-state index in [0.29, 0.717) is 23.3 Å². The lowest BCUT2D eigenvalue weighted by Crippen LogP contribution is -2.23. The Bertz CT molecular complexity index is 669. The maximum atomic E-state index is 12.2. The maximum Gasteiger partial charge on any atom is 0.233 e. The van der Waals surface area contributed by atoms with Crippen LogP contribution in [0, 0.1) is 0 Å². The lowest BCUT2D eigenvalue weighted by atomic mass is 9.85. The maximum absolute atomic E-state index is 12.2. The topological polar surface area (TPSA) is 43.4 Å². The second kappa shape index (κ2) is 4.17. The van der Waals surface area contributed by atoms with Gasteiger partial charge in [0.15, 0.2) is 0 Å². The number of hydrogen-bond donors (Lipinski definition) is 0. The minimum Gasteiger partial charge on any atom is -0.482 e. The molecule has 0 amide bonds. The predicted molar refractivity (Wildman–Crippen MR) is 74.9 cm³/mol. The van der Waals surface area contributed by atoms with Crippen LogP contribution in [0.4, 0.5) is 0 Å². The summed E-state index contributed by atoms with van der Waals surface area (Å²) in [4.78, 5) is 24.1. The number of ketones is 2. The molecule has 20 heavy (non-hydrogen) atoms. The summed E-state index contributed by atoms with van der Waals surface area (Å²) in [6, 6.07) is 9.80. The molecule has 0 N–H and O–H groups in total. The molecule has 1 heterocycles. The van der Waals surface area contributed by atoms with Crippen LogP contribution in [0.25, 0.3) is 0 Å². The highest BCUT2D eigenvalue weighted by Gasteiger charge is 2.45. The summed E-state index contributed by atoms with van der Waals surface area (Å²) in [7, 11) is 0. The molecule has 0 spiro atoms. The van der Waals surface area contributed by atoms with Gasteiger partial charge in [0, 0.05) is 12.0 Å². The molecule has 0 saturated carbocycles. The number of allylic oxidation sites excluding steroid dienone is 2. The van der Waals surface area contributed by atoms with Gasteiger partial charge in [0.25, 0.3) is 0 Å². The van der Waals surface area contributed by atoms with E-state index < -0.39 is 17.2 Å². The third-order valence-electron chi connectivity index (χ3n) is 4.22. The Morgan fingerprint density at radius 1 is 1.00 bits per heavy atom. The van der Waals surface area contributed by atoms with Crippen LogP contribution >= 0.6 is 0 Å². The molecule has 1 aromatic carbocycles. The SMILES string of the molecule is CC1=C(C)C2=C(CC(C)(c3ccccc3)O2)C(=O)C1=O. The van der Waals surface area contributed by atoms with Crippen molar-refractivity contribution in [3.8, 4) is 0 Å². The zero-order valence-electron chi connectivity index (χ0n) is 11.8. The molecule has 1 atom stereocenters. The summed E-state index contributed by atoms with van der Waals surface area (Å²) < 4.78 is 6.09. The number of ether oxygens (including phenoxy) is 1. The van der Waals surface area contributed by atoms with Crippen molar-refractivity contribution in [2.24, 2.45) is 0 Å². The van der Waals surface area contributed by atoms with Gasteiger partial charge in [0.05, 0.1) is 5.57 Å². The van der Waals surface area contributed by atoms with E-state index >= 15 is 0 Å². The van der Waals surface area contributed by atoms with Crippen LogP contribution in [0.1, 0.15) is 32.8 Å². The molecule has 3 nitrogen and oxygen atoms in total. The number of Topliss-reactive ketones (excluding diaryl/α,β-unsaturated/α-hetero) is 2. The quantitative estimate of drug-likeness (QED) is 0.580. The van der Waals surface area contributed by atoms with Crippen molar-refractivity contribution in [2.45, 2.75) is 32.8 Å². The van der Waals surface area contributed by atoms with E-state index in [1.165, 1.54) is 0 Å². The van der Waals surface area contributed by atoms with Crippen LogP contribution in [0.2, 0.25) is 0 Å². The van der Waals surface area contributed by atoms with E-state index in [2.05, 4.69) is 0 Å². The Morgan fingerprint density at radius 3 is 2.30 bits per heavy atom. The third kappa shape index (κ3) is 1.66. The van der Waals surface area contributed by atoms with Gasteiger partial charge >= 0.3 is 0 Å². The van der Waals surface area contributed by atoms with Crippen molar-refractivity contribution in [3.63, 3.8) is 0 Å². The van der Waals surface area contributed by atoms with E-state index in [1.54, 1.807) is 6.92 Å². The van der Waals surface area contributed by atoms with Crippen molar-refractivity contribution in [2.75, 3.05) is 0 Å². The first-order chi connectivity index (χ1) is 9.44. The van der Waals surface area contributed by atoms with Gasteiger partial charge < -0.3 is 4.74 Å². The predicted octanol–water partition coefficient (Wildman–Crippen LogP) is 3.06. The molecule has 3 heteroatoms. The van der Waals surface area contributed by atoms with Crippen LogP contribution in [0.15, 0.2) is 52.8 Å². The average Bonchev–Trinajstić information content (AvgIpc) is 2.83. The van der Waals surface area contributed by atoms with Crippen molar-refractivity contribution in [1.29, 1.82) is 0 Å². The molecular formula is C17H16O3. The van der Waals surface area contributed by atoms with Crippen molar-refractivity contribution in [3.05, 3.63) is 58.4 Å². The number of rotatable bonds is 1. The molecule has 0 fully saturated rings. The lowest BCUT2D eigenvalue weighted by Gasteiger charge is -2.26. The Balaban J connectivity index is 2.05. The molecule has 2 aliphatic rings. The molecule has 0 saturated heterocycles. The van der Waals surface area contributed by atoms with Gasteiger partial charge in [0.2, 0.25) is 11.6 Å². The summed E-state index contributed by atoms with van der Waals surface area (Å²) >= 11 is 0. The van der Waals surface area contributed by atoms with E-state index in [4.69, 9.17) is 4.74 Å². The minimum atomic E-state index is -0.576. The normalized spacial score (nSPS) is 25.9. The van der Waals surface area contributed by atoms with Gasteiger partial charge in [-0.2, -0.15) is 0 Å². The molecule has 1 aliphatic heterocycles. The van der Waals surface area contributed by atoms with Gasteiger partial charge in [-0.1, -0.05) is 30.3 Å². The first-order valence-electron chi connectivity index (χ1n) is 6.68. The lowest BCUT2D eigenvalue weighted by molar-refractivity contribution is -0.132. The summed E-state index contributed by atoms with van der Waals surface area (Å²) in [6.07, 6.45) is 0.446. The zero-order valence-corrected chi connectivity index (χ0v) is 11.8. The molecule has 1 unspecified atom stereocenters. The van der Waals surface area contributed by atoms with Crippen molar-refractivity contribution in [1.82, 2.24) is 0 Å². The molecular weight excluding hydrogens is 252 g/mol. The number of benzene rings is 1. The van der Waals surface area contributed by atoms with Gasteiger partial charge in [-0.15, -0.1) is 0 Å². The fourth-order valence-corrected chi connectivity index (χ4v) is 2.83. The van der Waals surface area contributed by atoms with Crippen molar-refractivity contribution < 1.29 is 14.3 Å². The summed E-state index contributed by atoms with van der Waals surface area (Å²) in [5, 5.41) is 0. The Morgan fingerprint density at radius 2 is 1.65 bits per heavy atom. The summed E-state index contributed by atoms with van der Waals surface area (Å²) in [5.74, 6) is -0.219. The molecule has 102 valence electrons. The largest absolute Gasteiger partial charge is 0.482 e. The number of carbonyl (C=O) groups is 2. The second-order valence-corrected chi connectivity index (χ2v) is 5.59. The molecule has 0 aromatic heterocycles. The van der Waals surface area contributed by atoms with Gasteiger partial charge in [0.1, 0.15) is 11.4 Å². The zero-order chi connectivity index (χ0) is 14.5. The van der Waals surface area contributed by atoms with E-state index in [0.717, 1.165) is 11.1 Å². The van der Waals surface area contributed by atoms with Gasteiger partial charge in [-0.3, -0.25) is 9.59 Å². The second-order valence-electron chi connectivity index (χ2n) is 5.59. The Hall–Kier alpha value is -2.16. The molecule has 1 aromatic rings. The van der Waals surface area contributed by atoms with Crippen LogP contribution in [-0.4, -0.2) is 11.6 Å². The Labute approximate surface area is 117 Å². The highest BCUT2D eigenvalue weighted by Crippen LogP contribution is 2.46. The summed E-state index contributed by atoms with van der Waals surface area (Å²) in [6.45, 7) is 5.48. The van der Waals surface area contributed by atoms with Crippen LogP contribution in [0.3, 0.4) is 0 Å². The highest BCUT2D eigenvalue weighted by molar-refractivity contribution is 6.50. The molecule has 3 rings (SSSR count). The first-order valence-corrected chi connectivity index (χ1v) is 6.68. The minimum absolute atomic E-state index is 0.401. The standard InChI is InChI=1S/C17H16O3/c1-10-11(2)16-13(15(19)14(10)18)9-17(3,20-16)12-7-5-4-6-8-12/h4-8H,9H2,1-3H3. The van der Waals surface area contributed by atoms with Gasteiger partial charge in [-0.25, -0.2) is 0 Å². The molecule has 0 radical (unpaired) electrons. The van der Waals surface area contributed by atoms with Crippen LogP contribution in [-0.2, 0) is 19.9 Å². The van der Waals surface area contributed by atoms with E-state index in [-0.39, 0.29) is 0 Å². The number of carbonyl (C=O) groups excluding carboxylic acids is 2. The fraction of sp³-hybridized carbons (Fsp3) is 0.294. The van der Waals surface area contributed by atoms with E-state index in [1.807, 2.05) is 44.2 Å². The summed E-state index contributed by atoms with van der Waals surface area (Å²) in [5.41, 5.74) is 2.23. The van der Waals surface area contributed by atoms with E-state index in [9.17, 15) is 9.59 Å². The molecule has 1 aliphatic carbocycles. The highest BCUT2D eigenvalue weighted by atomic mass is 16.5. The Kier molecular flexibility index (Phi) is 2.68. The number of hydrogen-bond acceptors (Lipinski definition) is 3. The smallest absolute Gasteiger partial charge is 0.233 e. The van der Waals surface area contributed by atoms with Crippen molar-refractivity contribution >= 4 is 11.6 Å².